The van der Waals surface area contributed by atoms with Crippen LogP contribution in [0.15, 0.2) is 24.3 Å². The Morgan fingerprint density at radius 2 is 1.56 bits per heavy atom. The van der Waals surface area contributed by atoms with E-state index in [2.05, 4.69) is 5.32 Å². The molecule has 0 aliphatic carbocycles. The highest BCUT2D eigenvalue weighted by atomic mass is 16.7. The summed E-state index contributed by atoms with van der Waals surface area (Å²) in [6, 6.07) is 6.07. The maximum Gasteiger partial charge on any atom is 0.209 e. The van der Waals surface area contributed by atoms with Gasteiger partial charge in [-0.2, -0.15) is 0 Å². The lowest BCUT2D eigenvalue weighted by molar-refractivity contribution is -0.279. The van der Waals surface area contributed by atoms with Crippen molar-refractivity contribution in [3.8, 4) is 11.5 Å². The van der Waals surface area contributed by atoms with Gasteiger partial charge in [0.1, 0.15) is 24.2 Å². The van der Waals surface area contributed by atoms with Gasteiger partial charge in [-0.15, -0.1) is 0 Å². The minimum Gasteiger partial charge on any atom is -0.508 e. The molecule has 1 rings (SSSR count). The molecule has 0 amide bonds. The Bertz CT molecular complexity index is 427. The summed E-state index contributed by atoms with van der Waals surface area (Å²) in [6.07, 6.45) is -4.89. The highest BCUT2D eigenvalue weighted by molar-refractivity contribution is 5.30. The molecule has 160 valence electrons. The van der Waals surface area contributed by atoms with Crippen molar-refractivity contribution in [1.29, 1.82) is 0 Å². The van der Waals surface area contributed by atoms with Crippen molar-refractivity contribution in [2.75, 3.05) is 26.8 Å². The van der Waals surface area contributed by atoms with Crippen LogP contribution in [-0.4, -0.2) is 72.0 Å². The molecule has 0 heterocycles. The fourth-order valence-electron chi connectivity index (χ4n) is 1.66. The average Bonchev–Trinajstić information content (AvgIpc) is 2.67. The molecule has 8 nitrogen and oxygen atoms in total. The number of phenols is 1. The van der Waals surface area contributed by atoms with E-state index in [-0.39, 0.29) is 19.0 Å². The van der Waals surface area contributed by atoms with Crippen LogP contribution in [-0.2, 0) is 9.47 Å². The van der Waals surface area contributed by atoms with Gasteiger partial charge in [-0.25, -0.2) is 0 Å². The van der Waals surface area contributed by atoms with Crippen molar-refractivity contribution in [3.63, 3.8) is 0 Å². The quantitative estimate of drug-likeness (QED) is 0.284. The molecule has 0 spiro atoms. The summed E-state index contributed by atoms with van der Waals surface area (Å²) in [5, 5.41) is 40.4. The number of rotatable bonds is 11. The van der Waals surface area contributed by atoms with Gasteiger partial charge in [0.2, 0.25) is 12.6 Å². The third-order valence-corrected chi connectivity index (χ3v) is 2.98. The number of aliphatic hydroxyl groups is 3. The van der Waals surface area contributed by atoms with Crippen LogP contribution < -0.4 is 10.1 Å². The number of hydrogen-bond donors (Lipinski definition) is 5. The zero-order valence-electron chi connectivity index (χ0n) is 17.3. The average molecular weight is 392 g/mol. The van der Waals surface area contributed by atoms with Gasteiger partial charge in [0.15, 0.2) is 0 Å². The highest BCUT2D eigenvalue weighted by Crippen LogP contribution is 2.17. The third kappa shape index (κ3) is 13.4. The van der Waals surface area contributed by atoms with Crippen molar-refractivity contribution >= 4 is 0 Å². The van der Waals surface area contributed by atoms with E-state index in [1.807, 2.05) is 27.7 Å². The summed E-state index contributed by atoms with van der Waals surface area (Å²) in [5.41, 5.74) is 0. The maximum absolute atomic E-state index is 9.76. The van der Waals surface area contributed by atoms with Crippen LogP contribution in [0, 0.1) is 0 Å². The number of aliphatic hydroxyl groups excluding tert-OH is 2. The second kappa shape index (κ2) is 18.0. The molecular weight excluding hydrogens is 354 g/mol. The van der Waals surface area contributed by atoms with Gasteiger partial charge in [0, 0.05) is 6.54 Å². The maximum atomic E-state index is 9.76. The molecule has 0 aliphatic rings. The van der Waals surface area contributed by atoms with E-state index in [4.69, 9.17) is 14.2 Å². The number of aromatic hydroxyl groups is 1. The highest BCUT2D eigenvalue weighted by Gasteiger charge is 2.26. The standard InChI is InChI=1S/C15H25NO7.2C2H6/c1-10(17)13(9-22-12-5-3-11(18)4-6-12)23-15(14(19)20)21-8-7-16-2;2*1-2/h3-6,10,13-20H,7-9H2,1-2H3;2*1-2H3. The molecule has 3 atom stereocenters. The summed E-state index contributed by atoms with van der Waals surface area (Å²) >= 11 is 0. The van der Waals surface area contributed by atoms with E-state index < -0.39 is 24.8 Å². The predicted molar refractivity (Wildman–Crippen MR) is 105 cm³/mol. The zero-order valence-corrected chi connectivity index (χ0v) is 17.3. The minimum absolute atomic E-state index is 0.0267. The van der Waals surface area contributed by atoms with Gasteiger partial charge in [0.25, 0.3) is 0 Å². The van der Waals surface area contributed by atoms with E-state index in [1.54, 1.807) is 19.2 Å². The second-order valence-corrected chi connectivity index (χ2v) is 4.98. The van der Waals surface area contributed by atoms with Crippen molar-refractivity contribution in [3.05, 3.63) is 24.3 Å². The van der Waals surface area contributed by atoms with Crippen LogP contribution in [0.2, 0.25) is 0 Å². The molecule has 0 aliphatic heterocycles. The number of hydrogen-bond acceptors (Lipinski definition) is 8. The van der Waals surface area contributed by atoms with Gasteiger partial charge in [-0.3, -0.25) is 0 Å². The Morgan fingerprint density at radius 3 is 2.00 bits per heavy atom. The van der Waals surface area contributed by atoms with E-state index in [0.717, 1.165) is 0 Å². The Hall–Kier alpha value is -1.42. The number of likely N-dealkylation sites (N-methyl/N-ethyl adjacent to an activating group) is 1. The Labute approximate surface area is 162 Å². The lowest BCUT2D eigenvalue weighted by atomic mass is 10.2. The van der Waals surface area contributed by atoms with Crippen LogP contribution in [0.4, 0.5) is 0 Å². The Kier molecular flexibility index (Phi) is 18.5. The molecule has 0 aromatic heterocycles. The largest absolute Gasteiger partial charge is 0.508 e. The summed E-state index contributed by atoms with van der Waals surface area (Å²) < 4.78 is 16.1. The lowest BCUT2D eigenvalue weighted by Crippen LogP contribution is -2.42. The topological polar surface area (TPSA) is 121 Å². The molecule has 0 fully saturated rings. The minimum atomic E-state index is -1.85. The molecule has 0 saturated heterocycles. The monoisotopic (exact) mass is 391 g/mol. The van der Waals surface area contributed by atoms with Gasteiger partial charge in [-0.05, 0) is 38.2 Å². The molecule has 0 bridgehead atoms. The van der Waals surface area contributed by atoms with Crippen molar-refractivity contribution < 1.29 is 34.6 Å². The molecule has 5 N–H and O–H groups in total. The van der Waals surface area contributed by atoms with E-state index in [0.29, 0.717) is 12.3 Å². The Balaban J connectivity index is 0. The molecule has 0 saturated carbocycles. The number of ether oxygens (including phenoxy) is 3. The van der Waals surface area contributed by atoms with Crippen molar-refractivity contribution in [2.45, 2.75) is 59.4 Å². The first-order valence-electron chi connectivity index (χ1n) is 9.31. The van der Waals surface area contributed by atoms with E-state index >= 15 is 0 Å². The predicted octanol–water partition coefficient (Wildman–Crippen LogP) is 1.46. The summed E-state index contributed by atoms with van der Waals surface area (Å²) in [7, 11) is 1.73. The molecule has 1 aromatic rings. The second-order valence-electron chi connectivity index (χ2n) is 4.98. The lowest BCUT2D eigenvalue weighted by Gasteiger charge is -2.27. The normalized spacial score (nSPS) is 13.6. The molecule has 8 heteroatoms. The van der Waals surface area contributed by atoms with Crippen LogP contribution in [0.5, 0.6) is 11.5 Å². The number of nitrogens with one attached hydrogen (secondary N) is 1. The van der Waals surface area contributed by atoms with Gasteiger partial charge in [-0.1, -0.05) is 27.7 Å². The fourth-order valence-corrected chi connectivity index (χ4v) is 1.66. The first-order chi connectivity index (χ1) is 12.9. The fraction of sp³-hybridized carbons (Fsp3) is 0.684. The molecule has 3 unspecified atom stereocenters. The molecule has 1 aromatic carbocycles. The molecule has 27 heavy (non-hydrogen) atoms. The zero-order chi connectivity index (χ0) is 21.2. The SMILES string of the molecule is CC.CC.CNCCOC(OC(COc1ccc(O)cc1)C(C)O)C(O)O. The van der Waals surface area contributed by atoms with Crippen LogP contribution in [0.3, 0.4) is 0 Å². The Morgan fingerprint density at radius 1 is 1.00 bits per heavy atom. The summed E-state index contributed by atoms with van der Waals surface area (Å²) in [6.45, 7) is 10.2. The summed E-state index contributed by atoms with van der Waals surface area (Å²) in [5.74, 6) is 0.594. The summed E-state index contributed by atoms with van der Waals surface area (Å²) in [4.78, 5) is 0. The number of benzene rings is 1. The van der Waals surface area contributed by atoms with Crippen LogP contribution >= 0.6 is 0 Å². The van der Waals surface area contributed by atoms with Crippen LogP contribution in [0.1, 0.15) is 34.6 Å². The van der Waals surface area contributed by atoms with Gasteiger partial charge in [0.05, 0.1) is 12.7 Å². The van der Waals surface area contributed by atoms with Crippen LogP contribution in [0.25, 0.3) is 0 Å². The van der Waals surface area contributed by atoms with Gasteiger partial charge < -0.3 is 40.0 Å². The number of phenolic OH excluding ortho intramolecular Hbond substituents is 1. The van der Waals surface area contributed by atoms with E-state index in [9.17, 15) is 20.4 Å². The first kappa shape index (κ1) is 27.8. The third-order valence-electron chi connectivity index (χ3n) is 2.98. The van der Waals surface area contributed by atoms with E-state index in [1.165, 1.54) is 19.1 Å². The molecule has 0 radical (unpaired) electrons. The van der Waals surface area contributed by atoms with Gasteiger partial charge >= 0.3 is 0 Å². The van der Waals surface area contributed by atoms with Crippen molar-refractivity contribution in [1.82, 2.24) is 5.32 Å². The smallest absolute Gasteiger partial charge is 0.209 e. The first-order valence-corrected chi connectivity index (χ1v) is 9.31. The van der Waals surface area contributed by atoms with Crippen molar-refractivity contribution in [2.24, 2.45) is 0 Å². The molecular formula is C19H37NO7.